The van der Waals surface area contributed by atoms with Gasteiger partial charge in [0.2, 0.25) is 0 Å². The lowest BCUT2D eigenvalue weighted by Crippen LogP contribution is -2.40. The van der Waals surface area contributed by atoms with Crippen LogP contribution in [0.3, 0.4) is 0 Å². The second-order valence-corrected chi connectivity index (χ2v) is 6.61. The van der Waals surface area contributed by atoms with Crippen molar-refractivity contribution in [1.82, 2.24) is 18.1 Å². The van der Waals surface area contributed by atoms with Crippen LogP contribution in [0.5, 0.6) is 0 Å². The van der Waals surface area contributed by atoms with Crippen molar-refractivity contribution in [2.24, 2.45) is 12.2 Å². The highest BCUT2D eigenvalue weighted by atomic mass is 32.2. The molecule has 0 bridgehead atoms. The van der Waals surface area contributed by atoms with Crippen LogP contribution in [0.15, 0.2) is 9.59 Å². The molecule has 0 amide bonds. The van der Waals surface area contributed by atoms with Crippen LogP contribution in [0, 0.1) is 0 Å². The Labute approximate surface area is 136 Å². The summed E-state index contributed by atoms with van der Waals surface area (Å²) in [6.07, 6.45) is 0.429. The number of fused-ring (bicyclic) bond motifs is 1. The summed E-state index contributed by atoms with van der Waals surface area (Å²) in [6.45, 7) is -0.503. The van der Waals surface area contributed by atoms with Crippen molar-refractivity contribution in [3.8, 4) is 0 Å². The first-order valence-corrected chi connectivity index (χ1v) is 8.70. The normalized spacial score (nSPS) is 12.2. The van der Waals surface area contributed by atoms with Gasteiger partial charge in [0.1, 0.15) is 5.82 Å². The second kappa shape index (κ2) is 6.84. The molecule has 0 radical (unpaired) electrons. The Hall–Kier alpha value is -2.02. The third-order valence-electron chi connectivity index (χ3n) is 3.52. The van der Waals surface area contributed by atoms with Crippen molar-refractivity contribution in [3.05, 3.63) is 26.7 Å². The van der Waals surface area contributed by atoms with Crippen LogP contribution in [0.25, 0.3) is 11.2 Å². The molecule has 0 aromatic carbocycles. The number of aliphatic hydroxyl groups is 2. The molecule has 0 unspecified atom stereocenters. The predicted molar refractivity (Wildman–Crippen MR) is 84.8 cm³/mol. The number of nitrogens with zero attached hydrogens (tertiary/aromatic N) is 4. The Bertz CT molecular complexity index is 970. The number of rotatable bonds is 7. The van der Waals surface area contributed by atoms with Crippen molar-refractivity contribution in [2.45, 2.75) is 25.8 Å². The number of aryl methyl sites for hydroxylation is 2. The van der Waals surface area contributed by atoms with Crippen LogP contribution in [0.1, 0.15) is 18.7 Å². The van der Waals surface area contributed by atoms with Crippen LogP contribution >= 0.6 is 0 Å². The first-order chi connectivity index (χ1) is 11.2. The number of aromatic nitrogens is 4. The molecule has 2 aromatic heterocycles. The molecular weight excluding hydrogens is 342 g/mol. The maximum Gasteiger partial charge on any atom is 0.332 e. The van der Waals surface area contributed by atoms with Crippen LogP contribution in [0.2, 0.25) is 0 Å². The average molecular weight is 361 g/mol. The maximum absolute atomic E-state index is 12.6. The molecule has 0 fully saturated rings. The van der Waals surface area contributed by atoms with Gasteiger partial charge in [-0.3, -0.25) is 13.9 Å². The predicted octanol–water partition coefficient (Wildman–Crippen LogP) is -2.74. The Morgan fingerprint density at radius 3 is 2.33 bits per heavy atom. The van der Waals surface area contributed by atoms with E-state index in [2.05, 4.69) is 4.98 Å². The lowest BCUT2D eigenvalue weighted by atomic mass is 10.3. The van der Waals surface area contributed by atoms with Crippen molar-refractivity contribution < 1.29 is 18.6 Å². The van der Waals surface area contributed by atoms with Gasteiger partial charge >= 0.3 is 15.9 Å². The van der Waals surface area contributed by atoms with Gasteiger partial charge in [0.25, 0.3) is 5.56 Å². The van der Waals surface area contributed by atoms with E-state index in [9.17, 15) is 18.0 Å². The minimum Gasteiger partial charge on any atom is -0.396 e. The summed E-state index contributed by atoms with van der Waals surface area (Å²) in [4.78, 5) is 28.9. The van der Waals surface area contributed by atoms with Crippen LogP contribution in [-0.4, -0.2) is 49.9 Å². The zero-order valence-corrected chi connectivity index (χ0v) is 13.9. The SMILES string of the molecule is Cn1c(=O)n(CCCO)c(=O)c2c1nc(CCCO)n2S(N)(=O)=O. The van der Waals surface area contributed by atoms with Gasteiger partial charge in [-0.25, -0.2) is 18.9 Å². The van der Waals surface area contributed by atoms with Gasteiger partial charge in [-0.05, 0) is 12.8 Å². The zero-order chi connectivity index (χ0) is 18.1. The fraction of sp³-hybridized carbons (Fsp3) is 0.583. The van der Waals surface area contributed by atoms with Crippen LogP contribution < -0.4 is 16.4 Å². The van der Waals surface area contributed by atoms with E-state index in [1.807, 2.05) is 0 Å². The summed E-state index contributed by atoms with van der Waals surface area (Å²) in [6, 6.07) is 0. The molecular formula is C12H19N5O6S. The first kappa shape index (κ1) is 18.3. The van der Waals surface area contributed by atoms with Gasteiger partial charge in [-0.15, -0.1) is 0 Å². The fourth-order valence-corrected chi connectivity index (χ4v) is 3.28. The van der Waals surface area contributed by atoms with Gasteiger partial charge in [-0.1, -0.05) is 0 Å². The van der Waals surface area contributed by atoms with Crippen molar-refractivity contribution in [3.63, 3.8) is 0 Å². The van der Waals surface area contributed by atoms with E-state index in [0.29, 0.717) is 3.97 Å². The van der Waals surface area contributed by atoms with Crippen molar-refractivity contribution >= 4 is 21.4 Å². The number of aliphatic hydroxyl groups excluding tert-OH is 2. The molecule has 0 spiro atoms. The maximum atomic E-state index is 12.6. The summed E-state index contributed by atoms with van der Waals surface area (Å²) in [5, 5.41) is 23.0. The van der Waals surface area contributed by atoms with E-state index >= 15 is 0 Å². The van der Waals surface area contributed by atoms with Gasteiger partial charge in [0.15, 0.2) is 11.2 Å². The molecule has 12 heteroatoms. The lowest BCUT2D eigenvalue weighted by Gasteiger charge is -2.09. The molecule has 2 aromatic rings. The minimum absolute atomic E-state index is 0.0337. The molecule has 24 heavy (non-hydrogen) atoms. The standard InChI is InChI=1S/C12H19N5O6S/c1-15-10-9(11(20)16(12(15)21)5-3-7-19)17(24(13,22)23)8(14-10)4-2-6-18/h18-19H,2-7H2,1H3,(H2,13,22,23). The van der Waals surface area contributed by atoms with E-state index in [1.54, 1.807) is 0 Å². The Morgan fingerprint density at radius 2 is 1.79 bits per heavy atom. The molecule has 2 heterocycles. The molecule has 0 aliphatic rings. The van der Waals surface area contributed by atoms with Crippen molar-refractivity contribution in [2.75, 3.05) is 13.2 Å². The largest absolute Gasteiger partial charge is 0.396 e. The van der Waals surface area contributed by atoms with Crippen LogP contribution in [0.4, 0.5) is 0 Å². The summed E-state index contributed by atoms with van der Waals surface area (Å²) in [5.74, 6) is -0.0337. The Morgan fingerprint density at radius 1 is 1.17 bits per heavy atom. The Balaban J connectivity index is 2.91. The molecule has 0 aliphatic heterocycles. The quantitative estimate of drug-likeness (QED) is 0.481. The minimum atomic E-state index is -4.34. The fourth-order valence-electron chi connectivity index (χ4n) is 2.44. The molecule has 2 rings (SSSR count). The smallest absolute Gasteiger partial charge is 0.332 e. The topological polar surface area (TPSA) is 162 Å². The summed E-state index contributed by atoms with van der Waals surface area (Å²) in [7, 11) is -2.99. The molecule has 0 saturated carbocycles. The highest BCUT2D eigenvalue weighted by Crippen LogP contribution is 2.14. The molecule has 4 N–H and O–H groups in total. The van der Waals surface area contributed by atoms with E-state index in [4.69, 9.17) is 15.4 Å². The third-order valence-corrected chi connectivity index (χ3v) is 4.42. The molecule has 134 valence electrons. The summed E-state index contributed by atoms with van der Waals surface area (Å²) >= 11 is 0. The number of hydrogen-bond donors (Lipinski definition) is 3. The van der Waals surface area contributed by atoms with Gasteiger partial charge in [0.05, 0.1) is 0 Å². The van der Waals surface area contributed by atoms with E-state index < -0.39 is 21.5 Å². The lowest BCUT2D eigenvalue weighted by molar-refractivity contribution is 0.277. The third kappa shape index (κ3) is 3.13. The van der Waals surface area contributed by atoms with Crippen molar-refractivity contribution in [1.29, 1.82) is 0 Å². The first-order valence-electron chi connectivity index (χ1n) is 7.20. The van der Waals surface area contributed by atoms with E-state index in [-0.39, 0.29) is 56.0 Å². The number of nitrogens with two attached hydrogens (primary N) is 1. The molecule has 0 aliphatic carbocycles. The number of hydrogen-bond acceptors (Lipinski definition) is 7. The van der Waals surface area contributed by atoms with Gasteiger partial charge in [-0.2, -0.15) is 8.42 Å². The highest BCUT2D eigenvalue weighted by molar-refractivity contribution is 7.87. The molecule has 0 atom stereocenters. The Kier molecular flexibility index (Phi) is 5.22. The van der Waals surface area contributed by atoms with Gasteiger partial charge in [0, 0.05) is 33.2 Å². The molecule has 11 nitrogen and oxygen atoms in total. The summed E-state index contributed by atoms with van der Waals surface area (Å²) < 4.78 is 26.3. The second-order valence-electron chi connectivity index (χ2n) is 5.21. The van der Waals surface area contributed by atoms with E-state index in [0.717, 1.165) is 9.13 Å². The highest BCUT2D eigenvalue weighted by Gasteiger charge is 2.25. The van der Waals surface area contributed by atoms with Gasteiger partial charge < -0.3 is 10.2 Å². The number of imidazole rings is 1. The van der Waals surface area contributed by atoms with Crippen LogP contribution in [-0.2, 0) is 30.2 Å². The monoisotopic (exact) mass is 361 g/mol. The average Bonchev–Trinajstić information content (AvgIpc) is 2.91. The molecule has 0 saturated heterocycles. The zero-order valence-electron chi connectivity index (χ0n) is 13.0. The summed E-state index contributed by atoms with van der Waals surface area (Å²) in [5.41, 5.74) is -1.95. The van der Waals surface area contributed by atoms with E-state index in [1.165, 1.54) is 7.05 Å².